The number of nitrogens with zero attached hydrogens (tertiary/aromatic N) is 2. The average Bonchev–Trinajstić information content (AvgIpc) is 3.23. The number of anilines is 4. The van der Waals surface area contributed by atoms with Gasteiger partial charge in [-0.25, -0.2) is 0 Å². The lowest BCUT2D eigenvalue weighted by atomic mass is 9.37. The van der Waals surface area contributed by atoms with Crippen molar-refractivity contribution in [2.24, 2.45) is 0 Å². The number of hydrogen-bond donors (Lipinski definition) is 0. The van der Waals surface area contributed by atoms with E-state index in [9.17, 15) is 0 Å². The number of benzene rings is 8. The van der Waals surface area contributed by atoms with E-state index in [1.54, 1.807) is 0 Å². The van der Waals surface area contributed by atoms with Crippen molar-refractivity contribution in [1.29, 1.82) is 0 Å². The summed E-state index contributed by atoms with van der Waals surface area (Å²) in [5.74, 6) is 0. The summed E-state index contributed by atoms with van der Waals surface area (Å²) >= 11 is 0. The smallest absolute Gasteiger partial charge is 0.329 e. The van der Waals surface area contributed by atoms with Crippen molar-refractivity contribution in [3.8, 4) is 44.5 Å². The van der Waals surface area contributed by atoms with E-state index < -0.39 is 0 Å². The third-order valence-electron chi connectivity index (χ3n) is 12.5. The van der Waals surface area contributed by atoms with E-state index in [2.05, 4.69) is 187 Å². The maximum Gasteiger partial charge on any atom is 0.329 e. The first-order valence-electron chi connectivity index (χ1n) is 18.9. The fraction of sp³-hybridized carbons (Fsp3) is 0. The Hall–Kier alpha value is -6.02. The maximum absolute atomic E-state index is 2.69. The van der Waals surface area contributed by atoms with Gasteiger partial charge in [-0.05, 0) is 84.5 Å². The molecule has 1 unspecified atom stereocenters. The molecule has 5 aliphatic rings. The molecule has 13 rings (SSSR count). The molecule has 1 radical (unpaired) electrons. The number of para-hydroxylation sites is 1. The van der Waals surface area contributed by atoms with Crippen LogP contribution in [0.3, 0.4) is 0 Å². The van der Waals surface area contributed by atoms with Crippen LogP contribution in [0.4, 0.5) is 22.7 Å². The van der Waals surface area contributed by atoms with Gasteiger partial charge >= 0.3 is 13.7 Å². The third kappa shape index (κ3) is 3.73. The van der Waals surface area contributed by atoms with Crippen LogP contribution >= 0.6 is 8.58 Å². The molecule has 0 saturated carbocycles. The van der Waals surface area contributed by atoms with Crippen molar-refractivity contribution in [2.75, 3.05) is 9.62 Å². The van der Waals surface area contributed by atoms with E-state index in [1.165, 1.54) is 111 Å². The van der Waals surface area contributed by atoms with E-state index in [1.807, 2.05) is 0 Å². The molecule has 0 aromatic heterocycles. The topological polar surface area (TPSA) is 6.48 Å². The second-order valence-electron chi connectivity index (χ2n) is 15.0. The zero-order valence-corrected chi connectivity index (χ0v) is 30.3. The van der Waals surface area contributed by atoms with Crippen LogP contribution in [-0.2, 0) is 0 Å². The highest BCUT2D eigenvalue weighted by Crippen LogP contribution is 2.53. The van der Waals surface area contributed by atoms with Gasteiger partial charge < -0.3 is 9.62 Å². The largest absolute Gasteiger partial charge is 0.376 e. The molecule has 0 fully saturated rings. The van der Waals surface area contributed by atoms with Crippen LogP contribution in [0.1, 0.15) is 0 Å². The lowest BCUT2D eigenvalue weighted by Crippen LogP contribution is -2.66. The molecule has 0 spiro atoms. The van der Waals surface area contributed by atoms with E-state index in [0.29, 0.717) is 8.58 Å². The van der Waals surface area contributed by atoms with Gasteiger partial charge in [0.15, 0.2) is 7.28 Å². The molecule has 245 valence electrons. The molecular weight excluding hydrogens is 668 g/mol. The SMILES string of the molecule is [B]1c2ccccc2-c2ccccc2Pc2cccc3c2-c2c1cccc2B1c2cccc4c2-c2c(cccc2N13)N1B4c2ccccc2-c2ccccc21. The average molecular weight is 697 g/mol. The molecule has 8 aromatic rings. The molecular formula is C48H29B3N2P. The van der Waals surface area contributed by atoms with Gasteiger partial charge in [0, 0.05) is 39.4 Å². The molecule has 0 N–H and O–H groups in total. The third-order valence-corrected chi connectivity index (χ3v) is 13.9. The molecule has 0 bridgehead atoms. The van der Waals surface area contributed by atoms with E-state index in [0.717, 1.165) is 0 Å². The van der Waals surface area contributed by atoms with Gasteiger partial charge in [-0.15, -0.1) is 0 Å². The summed E-state index contributed by atoms with van der Waals surface area (Å²) < 4.78 is 0. The summed E-state index contributed by atoms with van der Waals surface area (Å²) in [6.07, 6.45) is 0. The predicted molar refractivity (Wildman–Crippen MR) is 234 cm³/mol. The highest BCUT2D eigenvalue weighted by atomic mass is 31.1. The van der Waals surface area contributed by atoms with Gasteiger partial charge in [0.25, 0.3) is 0 Å². The van der Waals surface area contributed by atoms with E-state index >= 15 is 0 Å². The second kappa shape index (κ2) is 10.8. The van der Waals surface area contributed by atoms with Crippen LogP contribution in [0.2, 0.25) is 0 Å². The van der Waals surface area contributed by atoms with Crippen molar-refractivity contribution in [3.05, 3.63) is 170 Å². The minimum atomic E-state index is 0.0280. The van der Waals surface area contributed by atoms with Gasteiger partial charge in [-0.2, -0.15) is 0 Å². The summed E-state index contributed by atoms with van der Waals surface area (Å²) in [6, 6.07) is 64.3. The first kappa shape index (κ1) is 29.4. The van der Waals surface area contributed by atoms with E-state index in [-0.39, 0.29) is 13.7 Å². The van der Waals surface area contributed by atoms with Gasteiger partial charge in [0.2, 0.25) is 0 Å². The van der Waals surface area contributed by atoms with Crippen molar-refractivity contribution in [3.63, 3.8) is 0 Å². The Morgan fingerprint density at radius 3 is 1.67 bits per heavy atom. The molecule has 2 nitrogen and oxygen atoms in total. The standard InChI is InChI=1S/C48H29B3N2P/c1-5-17-33-29(13-1)32-16-4-8-27-43(32)54-44-28-12-26-42-48(44)45-34(49-33)18-9-20-36(45)51-38-22-10-21-37-46(38)47-40(24-11-25-41(47)53(42)51)52-39-23-7-3-15-31(39)30-14-2-6-19-35(30)50(37)52/h1-28,54H. The monoisotopic (exact) mass is 697 g/mol. The first-order valence-corrected chi connectivity index (χ1v) is 19.9. The highest BCUT2D eigenvalue weighted by molar-refractivity contribution is 7.56. The highest BCUT2D eigenvalue weighted by Gasteiger charge is 2.50. The summed E-state index contributed by atoms with van der Waals surface area (Å²) in [4.78, 5) is 5.32. The first-order chi connectivity index (χ1) is 26.8. The quantitative estimate of drug-likeness (QED) is 0.140. The lowest BCUT2D eigenvalue weighted by molar-refractivity contribution is 1.31. The Bertz CT molecular complexity index is 2710. The molecule has 54 heavy (non-hydrogen) atoms. The maximum atomic E-state index is 2.69. The van der Waals surface area contributed by atoms with Gasteiger partial charge in [0.05, 0.1) is 0 Å². The Balaban J connectivity index is 1.13. The summed E-state index contributed by atoms with van der Waals surface area (Å²) in [6.45, 7) is 0.109. The fourth-order valence-electron chi connectivity index (χ4n) is 10.5. The zero-order chi connectivity index (χ0) is 35.1. The van der Waals surface area contributed by atoms with Crippen molar-refractivity contribution in [2.45, 2.75) is 0 Å². The fourth-order valence-corrected chi connectivity index (χ4v) is 11.8. The molecule has 6 heteroatoms. The van der Waals surface area contributed by atoms with Crippen LogP contribution in [-0.4, -0.2) is 21.0 Å². The number of rotatable bonds is 0. The van der Waals surface area contributed by atoms with Crippen LogP contribution < -0.4 is 53.0 Å². The van der Waals surface area contributed by atoms with Crippen molar-refractivity contribution in [1.82, 2.24) is 0 Å². The van der Waals surface area contributed by atoms with Crippen LogP contribution in [0.25, 0.3) is 44.5 Å². The molecule has 1 atom stereocenters. The molecule has 8 aromatic carbocycles. The zero-order valence-electron chi connectivity index (χ0n) is 29.3. The van der Waals surface area contributed by atoms with Crippen molar-refractivity contribution >= 4 is 95.7 Å². The van der Waals surface area contributed by atoms with E-state index in [4.69, 9.17) is 0 Å². The van der Waals surface area contributed by atoms with Gasteiger partial charge in [0.1, 0.15) is 0 Å². The number of hydrogen-bond acceptors (Lipinski definition) is 2. The Kier molecular flexibility index (Phi) is 5.88. The Morgan fingerprint density at radius 2 is 0.833 bits per heavy atom. The number of fused-ring (bicyclic) bond motifs is 16. The molecule has 0 saturated heterocycles. The second-order valence-corrected chi connectivity index (χ2v) is 16.4. The normalized spacial score (nSPS) is 14.7. The molecule has 5 heterocycles. The van der Waals surface area contributed by atoms with Crippen LogP contribution in [0.15, 0.2) is 170 Å². The van der Waals surface area contributed by atoms with Gasteiger partial charge in [-0.1, -0.05) is 165 Å². The van der Waals surface area contributed by atoms with Gasteiger partial charge in [-0.3, -0.25) is 0 Å². The summed E-state index contributed by atoms with van der Waals surface area (Å²) in [5, 5.41) is 2.78. The van der Waals surface area contributed by atoms with Crippen LogP contribution in [0, 0.1) is 0 Å². The minimum absolute atomic E-state index is 0.0280. The summed E-state index contributed by atoms with van der Waals surface area (Å²) in [5.41, 5.74) is 23.9. The van der Waals surface area contributed by atoms with Crippen LogP contribution in [0.5, 0.6) is 0 Å². The Labute approximate surface area is 318 Å². The molecule has 0 aliphatic carbocycles. The Morgan fingerprint density at radius 1 is 0.333 bits per heavy atom. The van der Waals surface area contributed by atoms with Crippen molar-refractivity contribution < 1.29 is 0 Å². The lowest BCUT2D eigenvalue weighted by Gasteiger charge is -2.50. The molecule has 5 aliphatic heterocycles. The minimum Gasteiger partial charge on any atom is -0.376 e. The molecule has 0 amide bonds. The summed E-state index contributed by atoms with van der Waals surface area (Å²) in [7, 11) is 2.96. The predicted octanol–water partition coefficient (Wildman–Crippen LogP) is 6.09.